The van der Waals surface area contributed by atoms with Crippen LogP contribution in [0.2, 0.25) is 5.02 Å². The summed E-state index contributed by atoms with van der Waals surface area (Å²) in [7, 11) is 0. The minimum atomic E-state index is -0.250. The minimum Gasteiger partial charge on any atom is -0.491 e. The van der Waals surface area contributed by atoms with Gasteiger partial charge in [0, 0.05) is 10.7 Å². The number of aryl methyl sites for hydroxylation is 2. The zero-order valence-corrected chi connectivity index (χ0v) is 13.4. The molecule has 5 heteroatoms. The largest absolute Gasteiger partial charge is 0.491 e. The summed E-state index contributed by atoms with van der Waals surface area (Å²) in [5.41, 5.74) is 2.88. The van der Waals surface area contributed by atoms with Gasteiger partial charge in [0.1, 0.15) is 12.4 Å². The van der Waals surface area contributed by atoms with Crippen molar-refractivity contribution < 1.29 is 9.53 Å². The highest BCUT2D eigenvalue weighted by Crippen LogP contribution is 2.21. The topological polar surface area (TPSA) is 50.4 Å². The van der Waals surface area contributed by atoms with E-state index in [1.807, 2.05) is 50.2 Å². The summed E-state index contributed by atoms with van der Waals surface area (Å²) < 4.78 is 5.61. The summed E-state index contributed by atoms with van der Waals surface area (Å²) in [6.45, 7) is 4.74. The first-order valence-corrected chi connectivity index (χ1v) is 7.43. The van der Waals surface area contributed by atoms with Gasteiger partial charge in [0.15, 0.2) is 0 Å². The molecule has 0 bridgehead atoms. The van der Waals surface area contributed by atoms with Crippen molar-refractivity contribution in [1.29, 1.82) is 0 Å². The van der Waals surface area contributed by atoms with Crippen molar-refractivity contribution in [2.24, 2.45) is 0 Å². The Balaban J connectivity index is 1.72. The molecule has 0 fully saturated rings. The molecule has 0 aliphatic heterocycles. The molecule has 2 rings (SSSR count). The van der Waals surface area contributed by atoms with Crippen LogP contribution in [0.25, 0.3) is 0 Å². The van der Waals surface area contributed by atoms with Crippen LogP contribution in [0.5, 0.6) is 5.75 Å². The normalized spacial score (nSPS) is 10.1. The molecule has 0 aliphatic rings. The van der Waals surface area contributed by atoms with Crippen LogP contribution < -0.4 is 15.4 Å². The van der Waals surface area contributed by atoms with Crippen molar-refractivity contribution in [2.45, 2.75) is 13.8 Å². The molecule has 2 aromatic rings. The maximum atomic E-state index is 11.7. The van der Waals surface area contributed by atoms with Crippen molar-refractivity contribution in [3.8, 4) is 5.75 Å². The van der Waals surface area contributed by atoms with E-state index in [1.165, 1.54) is 0 Å². The van der Waals surface area contributed by atoms with Crippen LogP contribution in [0.4, 0.5) is 10.5 Å². The number of carbonyl (C=O) groups is 1. The first-order chi connectivity index (χ1) is 10.5. The van der Waals surface area contributed by atoms with Gasteiger partial charge in [-0.2, -0.15) is 0 Å². The van der Waals surface area contributed by atoms with E-state index in [0.29, 0.717) is 18.2 Å². The molecule has 0 spiro atoms. The lowest BCUT2D eigenvalue weighted by atomic mass is 10.2. The van der Waals surface area contributed by atoms with E-state index < -0.39 is 0 Å². The third-order valence-electron chi connectivity index (χ3n) is 3.09. The summed E-state index contributed by atoms with van der Waals surface area (Å²) >= 11 is 5.89. The predicted octanol–water partition coefficient (Wildman–Crippen LogP) is 4.16. The lowest BCUT2D eigenvalue weighted by molar-refractivity contribution is 0.247. The van der Waals surface area contributed by atoms with Gasteiger partial charge in [-0.25, -0.2) is 4.79 Å². The molecular weight excluding hydrogens is 300 g/mol. The minimum absolute atomic E-state index is 0.250. The number of anilines is 1. The molecule has 0 aromatic heterocycles. The molecule has 0 saturated heterocycles. The first kappa shape index (κ1) is 16.2. The summed E-state index contributed by atoms with van der Waals surface area (Å²) in [5.74, 6) is 0.769. The SMILES string of the molecule is Cc1ccc(NC(=O)NCCOc2ccc(Cl)cc2C)cc1. The number of rotatable bonds is 5. The highest BCUT2D eigenvalue weighted by atomic mass is 35.5. The Kier molecular flexibility index (Phi) is 5.67. The van der Waals surface area contributed by atoms with Crippen LogP contribution in [0.1, 0.15) is 11.1 Å². The number of ether oxygens (including phenoxy) is 1. The van der Waals surface area contributed by atoms with E-state index in [-0.39, 0.29) is 6.03 Å². The van der Waals surface area contributed by atoms with Crippen molar-refractivity contribution in [3.63, 3.8) is 0 Å². The zero-order valence-electron chi connectivity index (χ0n) is 12.7. The number of urea groups is 1. The quantitative estimate of drug-likeness (QED) is 0.813. The van der Waals surface area contributed by atoms with Crippen molar-refractivity contribution in [1.82, 2.24) is 5.32 Å². The molecule has 22 heavy (non-hydrogen) atoms. The number of nitrogens with one attached hydrogen (secondary N) is 2. The van der Waals surface area contributed by atoms with Gasteiger partial charge >= 0.3 is 6.03 Å². The molecule has 0 unspecified atom stereocenters. The van der Waals surface area contributed by atoms with Gasteiger partial charge in [0.05, 0.1) is 6.54 Å². The van der Waals surface area contributed by atoms with Gasteiger partial charge < -0.3 is 15.4 Å². The van der Waals surface area contributed by atoms with E-state index in [1.54, 1.807) is 6.07 Å². The smallest absolute Gasteiger partial charge is 0.319 e. The molecule has 0 aliphatic carbocycles. The second kappa shape index (κ2) is 7.71. The van der Waals surface area contributed by atoms with E-state index in [2.05, 4.69) is 10.6 Å². The number of hydrogen-bond donors (Lipinski definition) is 2. The van der Waals surface area contributed by atoms with Gasteiger partial charge in [-0.1, -0.05) is 29.3 Å². The van der Waals surface area contributed by atoms with E-state index in [0.717, 1.165) is 22.6 Å². The molecule has 0 radical (unpaired) electrons. The number of hydrogen-bond acceptors (Lipinski definition) is 2. The fourth-order valence-electron chi connectivity index (χ4n) is 1.91. The van der Waals surface area contributed by atoms with E-state index in [9.17, 15) is 4.79 Å². The third-order valence-corrected chi connectivity index (χ3v) is 3.33. The Morgan fingerprint density at radius 1 is 1.14 bits per heavy atom. The molecular formula is C17H19ClN2O2. The molecule has 2 aromatic carbocycles. The number of carbonyl (C=O) groups excluding carboxylic acids is 1. The Morgan fingerprint density at radius 3 is 2.55 bits per heavy atom. The Bertz CT molecular complexity index is 642. The summed E-state index contributed by atoms with van der Waals surface area (Å²) in [5, 5.41) is 6.19. The van der Waals surface area contributed by atoms with Gasteiger partial charge in [0.25, 0.3) is 0 Å². The average molecular weight is 319 g/mol. The maximum absolute atomic E-state index is 11.7. The molecule has 0 heterocycles. The van der Waals surface area contributed by atoms with Crippen molar-refractivity contribution in [3.05, 3.63) is 58.6 Å². The van der Waals surface area contributed by atoms with Crippen LogP contribution >= 0.6 is 11.6 Å². The van der Waals surface area contributed by atoms with Gasteiger partial charge in [0.2, 0.25) is 0 Å². The summed E-state index contributed by atoms with van der Waals surface area (Å²) in [6, 6.07) is 12.8. The molecule has 116 valence electrons. The fraction of sp³-hybridized carbons (Fsp3) is 0.235. The molecule has 0 saturated carbocycles. The van der Waals surface area contributed by atoms with Gasteiger partial charge in [-0.05, 0) is 49.7 Å². The van der Waals surface area contributed by atoms with E-state index >= 15 is 0 Å². The highest BCUT2D eigenvalue weighted by Gasteiger charge is 2.03. The second-order valence-electron chi connectivity index (χ2n) is 5.01. The highest BCUT2D eigenvalue weighted by molar-refractivity contribution is 6.30. The van der Waals surface area contributed by atoms with Crippen LogP contribution in [0.3, 0.4) is 0 Å². The van der Waals surface area contributed by atoms with Crippen LogP contribution in [0.15, 0.2) is 42.5 Å². The van der Waals surface area contributed by atoms with E-state index in [4.69, 9.17) is 16.3 Å². The van der Waals surface area contributed by atoms with Gasteiger partial charge in [-0.3, -0.25) is 0 Å². The van der Waals surface area contributed by atoms with Crippen LogP contribution in [-0.2, 0) is 0 Å². The lowest BCUT2D eigenvalue weighted by Gasteiger charge is -2.11. The lowest BCUT2D eigenvalue weighted by Crippen LogP contribution is -2.32. The average Bonchev–Trinajstić information content (AvgIpc) is 2.48. The summed E-state index contributed by atoms with van der Waals surface area (Å²) in [6.07, 6.45) is 0. The van der Waals surface area contributed by atoms with Crippen molar-refractivity contribution >= 4 is 23.3 Å². The molecule has 0 atom stereocenters. The summed E-state index contributed by atoms with van der Waals surface area (Å²) in [4.78, 5) is 11.7. The number of benzene rings is 2. The third kappa shape index (κ3) is 4.97. The zero-order chi connectivity index (χ0) is 15.9. The molecule has 4 nitrogen and oxygen atoms in total. The maximum Gasteiger partial charge on any atom is 0.319 e. The van der Waals surface area contributed by atoms with Crippen LogP contribution in [-0.4, -0.2) is 19.2 Å². The standard InChI is InChI=1S/C17H19ClN2O2/c1-12-3-6-15(7-4-12)20-17(21)19-9-10-22-16-8-5-14(18)11-13(16)2/h3-8,11H,9-10H2,1-2H3,(H2,19,20,21). The molecule has 2 N–H and O–H groups in total. The monoisotopic (exact) mass is 318 g/mol. The Morgan fingerprint density at radius 2 is 1.86 bits per heavy atom. The number of amides is 2. The van der Waals surface area contributed by atoms with Crippen LogP contribution in [0, 0.1) is 13.8 Å². The predicted molar refractivity (Wildman–Crippen MR) is 89.9 cm³/mol. The second-order valence-corrected chi connectivity index (χ2v) is 5.44. The van der Waals surface area contributed by atoms with Gasteiger partial charge in [-0.15, -0.1) is 0 Å². The number of halogens is 1. The molecule has 2 amide bonds. The van der Waals surface area contributed by atoms with Crippen molar-refractivity contribution in [2.75, 3.05) is 18.5 Å². The fourth-order valence-corrected chi connectivity index (χ4v) is 2.14. The Hall–Kier alpha value is -2.20. The Labute approximate surface area is 135 Å². The first-order valence-electron chi connectivity index (χ1n) is 7.05.